The van der Waals surface area contributed by atoms with Crippen LogP contribution in [-0.2, 0) is 4.74 Å². The first-order valence-electron chi connectivity index (χ1n) is 10.3. The molecule has 0 bridgehead atoms. The van der Waals surface area contributed by atoms with Crippen LogP contribution in [0.1, 0.15) is 104 Å². The van der Waals surface area contributed by atoms with Gasteiger partial charge in [-0.2, -0.15) is 0 Å². The topological polar surface area (TPSA) is 9.23 Å². The average molecular weight is 323 g/mol. The minimum absolute atomic E-state index is 0.918. The lowest BCUT2D eigenvalue weighted by atomic mass is 10.1. The standard InChI is InChI=1S/C22H42O/c1-3-5-7-9-11-13-15-17-19-21-23-22-20-18-16-14-12-10-8-6-4-2/h13-16H,3-12,17-22H2,1-2H3. The first kappa shape index (κ1) is 22.4. The van der Waals surface area contributed by atoms with Gasteiger partial charge in [0.2, 0.25) is 0 Å². The molecule has 0 aromatic rings. The monoisotopic (exact) mass is 322 g/mol. The van der Waals surface area contributed by atoms with E-state index in [1.807, 2.05) is 0 Å². The molecule has 136 valence electrons. The molecule has 0 N–H and O–H groups in total. The minimum Gasteiger partial charge on any atom is -0.381 e. The third-order valence-corrected chi connectivity index (χ3v) is 4.10. The Kier molecular flexibility index (Phi) is 20.9. The van der Waals surface area contributed by atoms with Crippen LogP contribution in [0.4, 0.5) is 0 Å². The number of unbranched alkanes of at least 4 members (excludes halogenated alkanes) is 10. The van der Waals surface area contributed by atoms with E-state index in [-0.39, 0.29) is 0 Å². The van der Waals surface area contributed by atoms with Gasteiger partial charge in [0.1, 0.15) is 0 Å². The molecule has 1 heteroatoms. The van der Waals surface area contributed by atoms with Crippen LogP contribution in [0.25, 0.3) is 0 Å². The summed E-state index contributed by atoms with van der Waals surface area (Å²) < 4.78 is 5.69. The zero-order valence-corrected chi connectivity index (χ0v) is 16.0. The molecule has 0 aliphatic carbocycles. The molecule has 0 unspecified atom stereocenters. The molecule has 0 saturated carbocycles. The molecule has 23 heavy (non-hydrogen) atoms. The third kappa shape index (κ3) is 21.4. The summed E-state index contributed by atoms with van der Waals surface area (Å²) in [6.45, 7) is 6.36. The molecule has 0 fully saturated rings. The molecular formula is C22H42O. The SMILES string of the molecule is CCCCCCC=CCCCOCCCC=CCCCCCC. The van der Waals surface area contributed by atoms with E-state index in [1.54, 1.807) is 0 Å². The fourth-order valence-corrected chi connectivity index (χ4v) is 2.56. The van der Waals surface area contributed by atoms with Gasteiger partial charge in [-0.1, -0.05) is 76.7 Å². The van der Waals surface area contributed by atoms with E-state index in [2.05, 4.69) is 38.2 Å². The number of hydrogen-bond donors (Lipinski definition) is 0. The second kappa shape index (κ2) is 21.4. The van der Waals surface area contributed by atoms with Gasteiger partial charge >= 0.3 is 0 Å². The quantitative estimate of drug-likeness (QED) is 0.186. The first-order valence-corrected chi connectivity index (χ1v) is 10.3. The minimum atomic E-state index is 0.918. The molecule has 0 aliphatic heterocycles. The van der Waals surface area contributed by atoms with Crippen molar-refractivity contribution in [1.82, 2.24) is 0 Å². The van der Waals surface area contributed by atoms with Crippen LogP contribution in [0, 0.1) is 0 Å². The summed E-state index contributed by atoms with van der Waals surface area (Å²) >= 11 is 0. The van der Waals surface area contributed by atoms with Crippen LogP contribution < -0.4 is 0 Å². The molecule has 0 aliphatic rings. The van der Waals surface area contributed by atoms with Crippen molar-refractivity contribution in [3.05, 3.63) is 24.3 Å². The van der Waals surface area contributed by atoms with Crippen LogP contribution in [0.5, 0.6) is 0 Å². The Morgan fingerprint density at radius 2 is 0.870 bits per heavy atom. The predicted octanol–water partition coefficient (Wildman–Crippen LogP) is 7.62. The van der Waals surface area contributed by atoms with Crippen LogP contribution >= 0.6 is 0 Å². The van der Waals surface area contributed by atoms with Gasteiger partial charge < -0.3 is 4.74 Å². The molecule has 1 nitrogen and oxygen atoms in total. The van der Waals surface area contributed by atoms with Gasteiger partial charge in [-0.3, -0.25) is 0 Å². The van der Waals surface area contributed by atoms with Crippen molar-refractivity contribution >= 4 is 0 Å². The maximum absolute atomic E-state index is 5.69. The van der Waals surface area contributed by atoms with E-state index in [1.165, 1.54) is 89.9 Å². The number of ether oxygens (including phenoxy) is 1. The predicted molar refractivity (Wildman–Crippen MR) is 105 cm³/mol. The van der Waals surface area contributed by atoms with E-state index < -0.39 is 0 Å². The van der Waals surface area contributed by atoms with Crippen molar-refractivity contribution in [3.63, 3.8) is 0 Å². The Balaban J connectivity index is 3.10. The summed E-state index contributed by atoms with van der Waals surface area (Å²) in [5, 5.41) is 0. The molecule has 0 aromatic heterocycles. The van der Waals surface area contributed by atoms with Crippen molar-refractivity contribution < 1.29 is 4.74 Å². The highest BCUT2D eigenvalue weighted by Gasteiger charge is 1.89. The van der Waals surface area contributed by atoms with E-state index in [0.29, 0.717) is 0 Å². The highest BCUT2D eigenvalue weighted by Crippen LogP contribution is 2.05. The fourth-order valence-electron chi connectivity index (χ4n) is 2.56. The fraction of sp³-hybridized carbons (Fsp3) is 0.818. The van der Waals surface area contributed by atoms with Gasteiger partial charge in [0.15, 0.2) is 0 Å². The van der Waals surface area contributed by atoms with Crippen molar-refractivity contribution in [1.29, 1.82) is 0 Å². The molecule has 0 rings (SSSR count). The van der Waals surface area contributed by atoms with Gasteiger partial charge in [0, 0.05) is 13.2 Å². The first-order chi connectivity index (χ1) is 11.4. The zero-order valence-electron chi connectivity index (χ0n) is 16.0. The molecule has 0 spiro atoms. The molecule has 0 atom stereocenters. The molecule has 0 aromatic carbocycles. The zero-order chi connectivity index (χ0) is 16.8. The van der Waals surface area contributed by atoms with Crippen LogP contribution in [0.2, 0.25) is 0 Å². The summed E-state index contributed by atoms with van der Waals surface area (Å²) in [5.41, 5.74) is 0. The van der Waals surface area contributed by atoms with Crippen molar-refractivity contribution in [2.75, 3.05) is 13.2 Å². The van der Waals surface area contributed by atoms with Gasteiger partial charge in [-0.05, 0) is 51.4 Å². The highest BCUT2D eigenvalue weighted by molar-refractivity contribution is 4.82. The maximum atomic E-state index is 5.69. The Hall–Kier alpha value is -0.560. The van der Waals surface area contributed by atoms with E-state index >= 15 is 0 Å². The van der Waals surface area contributed by atoms with Gasteiger partial charge in [0.25, 0.3) is 0 Å². The van der Waals surface area contributed by atoms with Crippen LogP contribution in [0.3, 0.4) is 0 Å². The number of rotatable bonds is 18. The summed E-state index contributed by atoms with van der Waals surface area (Å²) in [5.74, 6) is 0. The summed E-state index contributed by atoms with van der Waals surface area (Å²) in [6, 6.07) is 0. The second-order valence-corrected chi connectivity index (χ2v) is 6.54. The molecular weight excluding hydrogens is 280 g/mol. The largest absolute Gasteiger partial charge is 0.381 e. The average Bonchev–Trinajstić information content (AvgIpc) is 2.57. The lowest BCUT2D eigenvalue weighted by molar-refractivity contribution is 0.130. The third-order valence-electron chi connectivity index (χ3n) is 4.10. The summed E-state index contributed by atoms with van der Waals surface area (Å²) in [7, 11) is 0. The number of allylic oxidation sites excluding steroid dienone is 4. The second-order valence-electron chi connectivity index (χ2n) is 6.54. The maximum Gasteiger partial charge on any atom is 0.0468 e. The molecule has 0 heterocycles. The van der Waals surface area contributed by atoms with E-state index in [9.17, 15) is 0 Å². The number of hydrogen-bond acceptors (Lipinski definition) is 1. The lowest BCUT2D eigenvalue weighted by Crippen LogP contribution is -1.95. The Labute approximate surface area is 146 Å². The van der Waals surface area contributed by atoms with Crippen molar-refractivity contribution in [3.8, 4) is 0 Å². The van der Waals surface area contributed by atoms with Gasteiger partial charge in [-0.15, -0.1) is 0 Å². The lowest BCUT2D eigenvalue weighted by Gasteiger charge is -2.01. The Morgan fingerprint density at radius 1 is 0.478 bits per heavy atom. The van der Waals surface area contributed by atoms with E-state index in [0.717, 1.165) is 13.2 Å². The van der Waals surface area contributed by atoms with Gasteiger partial charge in [-0.25, -0.2) is 0 Å². The normalized spacial score (nSPS) is 11.9. The summed E-state index contributed by atoms with van der Waals surface area (Å²) in [4.78, 5) is 0. The Morgan fingerprint density at radius 3 is 1.26 bits per heavy atom. The smallest absolute Gasteiger partial charge is 0.0468 e. The van der Waals surface area contributed by atoms with E-state index in [4.69, 9.17) is 4.74 Å². The molecule has 0 saturated heterocycles. The van der Waals surface area contributed by atoms with Crippen molar-refractivity contribution in [2.24, 2.45) is 0 Å². The highest BCUT2D eigenvalue weighted by atomic mass is 16.5. The van der Waals surface area contributed by atoms with Crippen LogP contribution in [-0.4, -0.2) is 13.2 Å². The Bertz CT molecular complexity index is 229. The summed E-state index contributed by atoms with van der Waals surface area (Å²) in [6.07, 6.45) is 27.5. The van der Waals surface area contributed by atoms with Crippen LogP contribution in [0.15, 0.2) is 24.3 Å². The molecule has 0 amide bonds. The van der Waals surface area contributed by atoms with Gasteiger partial charge in [0.05, 0.1) is 0 Å². The van der Waals surface area contributed by atoms with Crippen molar-refractivity contribution in [2.45, 2.75) is 104 Å². The molecule has 0 radical (unpaired) electrons.